The summed E-state index contributed by atoms with van der Waals surface area (Å²) in [4.78, 5) is 0. The molecule has 0 aliphatic heterocycles. The van der Waals surface area contributed by atoms with E-state index in [0.717, 1.165) is 12.8 Å². The van der Waals surface area contributed by atoms with Gasteiger partial charge in [0, 0.05) is 6.07 Å². The van der Waals surface area contributed by atoms with Crippen molar-refractivity contribution in [3.63, 3.8) is 0 Å². The Bertz CT molecular complexity index is 399. The highest BCUT2D eigenvalue weighted by molar-refractivity contribution is 5.22. The topological polar surface area (TPSA) is 59.0 Å². The van der Waals surface area contributed by atoms with Crippen LogP contribution in [-0.2, 0) is 0 Å². The molecule has 0 amide bonds. The van der Waals surface area contributed by atoms with Crippen molar-refractivity contribution in [2.45, 2.75) is 31.7 Å². The molecular weight excluding hydrogens is 219 g/mol. The highest BCUT2D eigenvalue weighted by atomic mass is 19.1. The Labute approximate surface area is 101 Å². The van der Waals surface area contributed by atoms with Gasteiger partial charge in [0.2, 0.25) is 0 Å². The summed E-state index contributed by atoms with van der Waals surface area (Å²) in [5.74, 6) is 0.224. The summed E-state index contributed by atoms with van der Waals surface area (Å²) in [6, 6.07) is 8.09. The number of hydrogen-bond acceptors (Lipinski definition) is 3. The minimum atomic E-state index is -0.765. The van der Waals surface area contributed by atoms with E-state index < -0.39 is 5.54 Å². The quantitative estimate of drug-likeness (QED) is 0.772. The molecular formula is C13H17FN2O. The summed E-state index contributed by atoms with van der Waals surface area (Å²) in [6.45, 7) is 2.21. The lowest BCUT2D eigenvalue weighted by molar-refractivity contribution is 0.299. The lowest BCUT2D eigenvalue weighted by Crippen LogP contribution is -2.33. The molecule has 17 heavy (non-hydrogen) atoms. The second kappa shape index (κ2) is 6.21. The van der Waals surface area contributed by atoms with Crippen LogP contribution in [0, 0.1) is 17.1 Å². The van der Waals surface area contributed by atoms with E-state index in [1.54, 1.807) is 19.1 Å². The summed E-state index contributed by atoms with van der Waals surface area (Å²) < 4.78 is 18.2. The van der Waals surface area contributed by atoms with Crippen LogP contribution < -0.4 is 10.5 Å². The molecule has 92 valence electrons. The Morgan fingerprint density at radius 3 is 2.88 bits per heavy atom. The Kier molecular flexibility index (Phi) is 4.92. The third-order valence-electron chi connectivity index (χ3n) is 2.41. The van der Waals surface area contributed by atoms with Gasteiger partial charge in [-0.15, -0.1) is 0 Å². The average Bonchev–Trinajstić information content (AvgIpc) is 2.29. The molecule has 0 heterocycles. The summed E-state index contributed by atoms with van der Waals surface area (Å²) in [6.07, 6.45) is 2.25. The van der Waals surface area contributed by atoms with Gasteiger partial charge in [0.25, 0.3) is 0 Å². The van der Waals surface area contributed by atoms with Crippen LogP contribution >= 0.6 is 0 Å². The molecule has 2 N–H and O–H groups in total. The monoisotopic (exact) mass is 236 g/mol. The maximum absolute atomic E-state index is 12.8. The molecule has 1 aromatic rings. The Morgan fingerprint density at radius 2 is 2.24 bits per heavy atom. The van der Waals surface area contributed by atoms with E-state index in [9.17, 15) is 4.39 Å². The summed E-state index contributed by atoms with van der Waals surface area (Å²) in [5, 5.41) is 8.71. The molecule has 0 saturated heterocycles. The molecule has 0 saturated carbocycles. The van der Waals surface area contributed by atoms with Gasteiger partial charge >= 0.3 is 0 Å². The number of benzene rings is 1. The SMILES string of the molecule is CC(N)(C#N)CCCCOc1cccc(F)c1. The van der Waals surface area contributed by atoms with E-state index in [0.29, 0.717) is 18.8 Å². The first kappa shape index (κ1) is 13.5. The number of unbranched alkanes of at least 4 members (excludes halogenated alkanes) is 1. The lowest BCUT2D eigenvalue weighted by atomic mass is 9.98. The fourth-order valence-corrected chi connectivity index (χ4v) is 1.40. The molecule has 0 spiro atoms. The molecule has 0 fully saturated rings. The van der Waals surface area contributed by atoms with Gasteiger partial charge in [-0.1, -0.05) is 6.07 Å². The van der Waals surface area contributed by atoms with Gasteiger partial charge in [0.15, 0.2) is 0 Å². The van der Waals surface area contributed by atoms with Crippen LogP contribution in [-0.4, -0.2) is 12.1 Å². The smallest absolute Gasteiger partial charge is 0.126 e. The van der Waals surface area contributed by atoms with Crippen molar-refractivity contribution in [1.82, 2.24) is 0 Å². The average molecular weight is 236 g/mol. The van der Waals surface area contributed by atoms with E-state index in [1.807, 2.05) is 6.07 Å². The van der Waals surface area contributed by atoms with E-state index in [1.165, 1.54) is 12.1 Å². The summed E-state index contributed by atoms with van der Waals surface area (Å²) in [5.41, 5.74) is 4.91. The minimum absolute atomic E-state index is 0.304. The van der Waals surface area contributed by atoms with Gasteiger partial charge in [-0.25, -0.2) is 4.39 Å². The number of nitrogens with zero attached hydrogens (tertiary/aromatic N) is 1. The highest BCUT2D eigenvalue weighted by Crippen LogP contribution is 2.13. The third-order valence-corrected chi connectivity index (χ3v) is 2.41. The maximum atomic E-state index is 12.8. The van der Waals surface area contributed by atoms with Crippen LogP contribution in [0.2, 0.25) is 0 Å². The van der Waals surface area contributed by atoms with Crippen molar-refractivity contribution in [2.75, 3.05) is 6.61 Å². The van der Waals surface area contributed by atoms with Gasteiger partial charge < -0.3 is 10.5 Å². The van der Waals surface area contributed by atoms with Gasteiger partial charge in [-0.05, 0) is 38.3 Å². The predicted octanol–water partition coefficient (Wildman–Crippen LogP) is 2.62. The molecule has 4 heteroatoms. The van der Waals surface area contributed by atoms with Crippen LogP contribution in [0.1, 0.15) is 26.2 Å². The van der Waals surface area contributed by atoms with Crippen LogP contribution in [0.15, 0.2) is 24.3 Å². The van der Waals surface area contributed by atoms with Gasteiger partial charge in [0.05, 0.1) is 12.7 Å². The van der Waals surface area contributed by atoms with Crippen molar-refractivity contribution in [1.29, 1.82) is 5.26 Å². The predicted molar refractivity (Wildman–Crippen MR) is 64.0 cm³/mol. The molecule has 1 unspecified atom stereocenters. The fraction of sp³-hybridized carbons (Fsp3) is 0.462. The maximum Gasteiger partial charge on any atom is 0.126 e. The Hall–Kier alpha value is -1.60. The van der Waals surface area contributed by atoms with E-state index >= 15 is 0 Å². The van der Waals surface area contributed by atoms with Crippen molar-refractivity contribution in [2.24, 2.45) is 5.73 Å². The molecule has 1 rings (SSSR count). The molecule has 0 aliphatic rings. The number of halogens is 1. The largest absolute Gasteiger partial charge is 0.493 e. The molecule has 0 aromatic heterocycles. The van der Waals surface area contributed by atoms with Gasteiger partial charge in [-0.3, -0.25) is 0 Å². The van der Waals surface area contributed by atoms with Crippen LogP contribution in [0.25, 0.3) is 0 Å². The number of ether oxygens (including phenoxy) is 1. The molecule has 0 bridgehead atoms. The molecule has 1 aromatic carbocycles. The van der Waals surface area contributed by atoms with Crippen LogP contribution in [0.4, 0.5) is 4.39 Å². The van der Waals surface area contributed by atoms with Crippen molar-refractivity contribution in [3.05, 3.63) is 30.1 Å². The van der Waals surface area contributed by atoms with Crippen molar-refractivity contribution < 1.29 is 9.13 Å². The van der Waals surface area contributed by atoms with E-state index in [4.69, 9.17) is 15.7 Å². The Morgan fingerprint density at radius 1 is 1.47 bits per heavy atom. The first-order chi connectivity index (χ1) is 8.03. The van der Waals surface area contributed by atoms with E-state index in [-0.39, 0.29) is 5.82 Å². The Balaban J connectivity index is 2.19. The standard InChI is InChI=1S/C13H17FN2O/c1-13(16,10-15)7-2-3-8-17-12-6-4-5-11(14)9-12/h4-6,9H,2-3,7-8,16H2,1H3. The molecule has 3 nitrogen and oxygen atoms in total. The van der Waals surface area contributed by atoms with Crippen molar-refractivity contribution >= 4 is 0 Å². The van der Waals surface area contributed by atoms with Gasteiger partial charge in [0.1, 0.15) is 17.1 Å². The molecule has 1 atom stereocenters. The number of nitriles is 1. The number of nitrogens with two attached hydrogens (primary N) is 1. The third kappa shape index (κ3) is 5.32. The lowest BCUT2D eigenvalue weighted by Gasteiger charge is -2.14. The summed E-state index contributed by atoms with van der Waals surface area (Å²) >= 11 is 0. The minimum Gasteiger partial charge on any atom is -0.493 e. The van der Waals surface area contributed by atoms with E-state index in [2.05, 4.69) is 0 Å². The number of rotatable bonds is 6. The normalized spacial score (nSPS) is 13.8. The second-order valence-corrected chi connectivity index (χ2v) is 4.29. The van der Waals surface area contributed by atoms with Crippen molar-refractivity contribution in [3.8, 4) is 11.8 Å². The highest BCUT2D eigenvalue weighted by Gasteiger charge is 2.15. The van der Waals surface area contributed by atoms with Crippen LogP contribution in [0.5, 0.6) is 5.75 Å². The molecule has 0 aliphatic carbocycles. The number of hydrogen-bond donors (Lipinski definition) is 1. The molecule has 0 radical (unpaired) electrons. The van der Waals surface area contributed by atoms with Gasteiger partial charge in [-0.2, -0.15) is 5.26 Å². The first-order valence-corrected chi connectivity index (χ1v) is 5.62. The zero-order chi connectivity index (χ0) is 12.7. The fourth-order valence-electron chi connectivity index (χ4n) is 1.40. The summed E-state index contributed by atoms with van der Waals surface area (Å²) in [7, 11) is 0. The first-order valence-electron chi connectivity index (χ1n) is 5.62. The zero-order valence-corrected chi connectivity index (χ0v) is 9.95. The van der Waals surface area contributed by atoms with Crippen LogP contribution in [0.3, 0.4) is 0 Å². The second-order valence-electron chi connectivity index (χ2n) is 4.29. The zero-order valence-electron chi connectivity index (χ0n) is 9.95.